The van der Waals surface area contributed by atoms with Crippen LogP contribution in [-0.2, 0) is 6.54 Å². The van der Waals surface area contributed by atoms with Crippen molar-refractivity contribution >= 4 is 17.0 Å². The number of carbonyl (C=O) groups is 1. The van der Waals surface area contributed by atoms with Gasteiger partial charge in [0.15, 0.2) is 5.58 Å². The summed E-state index contributed by atoms with van der Waals surface area (Å²) in [6, 6.07) is 4.10. The number of hydrogen-bond donors (Lipinski definition) is 1. The zero-order valence-electron chi connectivity index (χ0n) is 11.3. The average molecular weight is 260 g/mol. The van der Waals surface area contributed by atoms with Crippen LogP contribution in [0.3, 0.4) is 0 Å². The summed E-state index contributed by atoms with van der Waals surface area (Å²) in [6.45, 7) is 2.82. The molecule has 3 rings (SSSR count). The number of furan rings is 1. The molecule has 102 valence electrons. The van der Waals surface area contributed by atoms with Crippen LogP contribution in [-0.4, -0.2) is 16.5 Å². The van der Waals surface area contributed by atoms with Crippen molar-refractivity contribution in [1.82, 2.24) is 9.88 Å². The lowest BCUT2D eigenvalue weighted by Gasteiger charge is -2.23. The van der Waals surface area contributed by atoms with Gasteiger partial charge in [-0.25, -0.2) is 0 Å². The van der Waals surface area contributed by atoms with Crippen molar-refractivity contribution < 1.29 is 9.21 Å². The first kappa shape index (κ1) is 12.3. The fraction of sp³-hybridized carbons (Fsp3) is 0.533. The molecule has 0 aliphatic heterocycles. The van der Waals surface area contributed by atoms with Crippen LogP contribution in [0.15, 0.2) is 22.8 Å². The third kappa shape index (κ3) is 2.27. The quantitative estimate of drug-likeness (QED) is 0.920. The second-order valence-electron chi connectivity index (χ2n) is 5.25. The van der Waals surface area contributed by atoms with Crippen LogP contribution in [0, 0.1) is 0 Å². The lowest BCUT2D eigenvalue weighted by atomic mass is 9.95. The van der Waals surface area contributed by atoms with E-state index in [2.05, 4.69) is 5.32 Å². The number of nitrogens with one attached hydrogen (secondary N) is 1. The predicted octanol–water partition coefficient (Wildman–Crippen LogP) is 3.32. The van der Waals surface area contributed by atoms with Crippen molar-refractivity contribution in [2.75, 3.05) is 0 Å². The van der Waals surface area contributed by atoms with E-state index in [1.54, 1.807) is 6.26 Å². The second kappa shape index (κ2) is 5.11. The van der Waals surface area contributed by atoms with Gasteiger partial charge in [0.2, 0.25) is 0 Å². The molecule has 19 heavy (non-hydrogen) atoms. The summed E-state index contributed by atoms with van der Waals surface area (Å²) in [6.07, 6.45) is 7.62. The first-order chi connectivity index (χ1) is 9.29. The zero-order chi connectivity index (χ0) is 13.2. The molecule has 0 saturated heterocycles. The molecule has 0 spiro atoms. The lowest BCUT2D eigenvalue weighted by Crippen LogP contribution is -2.37. The molecule has 4 nitrogen and oxygen atoms in total. The summed E-state index contributed by atoms with van der Waals surface area (Å²) in [5.41, 5.74) is 2.49. The van der Waals surface area contributed by atoms with Crippen LogP contribution in [0.2, 0.25) is 0 Å². The molecule has 1 aliphatic carbocycles. The third-order valence-corrected chi connectivity index (χ3v) is 4.01. The maximum Gasteiger partial charge on any atom is 0.268 e. The highest BCUT2D eigenvalue weighted by molar-refractivity contribution is 5.97. The number of fused-ring (bicyclic) bond motifs is 1. The molecule has 1 aliphatic rings. The van der Waals surface area contributed by atoms with Crippen molar-refractivity contribution in [3.63, 3.8) is 0 Å². The second-order valence-corrected chi connectivity index (χ2v) is 5.25. The van der Waals surface area contributed by atoms with E-state index in [-0.39, 0.29) is 5.91 Å². The first-order valence-corrected chi connectivity index (χ1v) is 7.17. The van der Waals surface area contributed by atoms with Gasteiger partial charge in [-0.2, -0.15) is 0 Å². The Kier molecular flexibility index (Phi) is 3.32. The van der Waals surface area contributed by atoms with Crippen molar-refractivity contribution in [3.8, 4) is 0 Å². The van der Waals surface area contributed by atoms with Gasteiger partial charge in [0.1, 0.15) is 5.69 Å². The Bertz CT molecular complexity index is 576. The minimum atomic E-state index is 0.0279. The normalized spacial score (nSPS) is 16.9. The van der Waals surface area contributed by atoms with Crippen LogP contribution in [0.25, 0.3) is 11.1 Å². The van der Waals surface area contributed by atoms with Crippen LogP contribution >= 0.6 is 0 Å². The molecule has 1 amide bonds. The van der Waals surface area contributed by atoms with Gasteiger partial charge in [0.25, 0.3) is 5.91 Å². The molecule has 1 fully saturated rings. The molecule has 0 aromatic carbocycles. The van der Waals surface area contributed by atoms with E-state index in [4.69, 9.17) is 4.42 Å². The Labute approximate surface area is 112 Å². The highest BCUT2D eigenvalue weighted by Crippen LogP contribution is 2.22. The van der Waals surface area contributed by atoms with Gasteiger partial charge in [-0.1, -0.05) is 19.3 Å². The SMILES string of the molecule is CCn1c(C(=O)NC2CCCCC2)cc2occc21. The van der Waals surface area contributed by atoms with Gasteiger partial charge in [-0.05, 0) is 19.8 Å². The van der Waals surface area contributed by atoms with Gasteiger partial charge in [0, 0.05) is 24.7 Å². The molecule has 2 heterocycles. The lowest BCUT2D eigenvalue weighted by molar-refractivity contribution is 0.0919. The van der Waals surface area contributed by atoms with E-state index >= 15 is 0 Å². The van der Waals surface area contributed by atoms with Gasteiger partial charge >= 0.3 is 0 Å². The minimum absolute atomic E-state index is 0.0279. The van der Waals surface area contributed by atoms with Gasteiger partial charge in [0.05, 0.1) is 11.8 Å². The van der Waals surface area contributed by atoms with E-state index in [9.17, 15) is 4.79 Å². The molecule has 2 aromatic rings. The highest BCUT2D eigenvalue weighted by atomic mass is 16.3. The fourth-order valence-electron chi connectivity index (χ4n) is 3.01. The minimum Gasteiger partial charge on any atom is -0.463 e. The van der Waals surface area contributed by atoms with Gasteiger partial charge in [-0.3, -0.25) is 4.79 Å². The summed E-state index contributed by atoms with van der Waals surface area (Å²) in [7, 11) is 0. The number of carbonyl (C=O) groups excluding carboxylic acids is 1. The van der Waals surface area contributed by atoms with Crippen LogP contribution in [0.1, 0.15) is 49.5 Å². The van der Waals surface area contributed by atoms with E-state index in [0.29, 0.717) is 11.7 Å². The summed E-state index contributed by atoms with van der Waals surface area (Å²) in [5.74, 6) is 0.0279. The van der Waals surface area contributed by atoms with E-state index in [0.717, 1.165) is 30.5 Å². The Morgan fingerprint density at radius 3 is 2.95 bits per heavy atom. The van der Waals surface area contributed by atoms with E-state index in [1.807, 2.05) is 23.6 Å². The van der Waals surface area contributed by atoms with Crippen molar-refractivity contribution in [2.24, 2.45) is 0 Å². The summed E-state index contributed by atoms with van der Waals surface area (Å²) in [4.78, 5) is 12.4. The Morgan fingerprint density at radius 2 is 2.21 bits per heavy atom. The number of hydrogen-bond acceptors (Lipinski definition) is 2. The van der Waals surface area contributed by atoms with Gasteiger partial charge in [-0.15, -0.1) is 0 Å². The molecular formula is C15H20N2O2. The Hall–Kier alpha value is -1.71. The molecule has 1 saturated carbocycles. The molecule has 1 N–H and O–H groups in total. The summed E-state index contributed by atoms with van der Waals surface area (Å²) in [5, 5.41) is 3.16. The molecule has 0 radical (unpaired) electrons. The largest absolute Gasteiger partial charge is 0.463 e. The third-order valence-electron chi connectivity index (χ3n) is 4.01. The van der Waals surface area contributed by atoms with Crippen molar-refractivity contribution in [3.05, 3.63) is 24.1 Å². The average Bonchev–Trinajstić information content (AvgIpc) is 2.99. The predicted molar refractivity (Wildman–Crippen MR) is 74.2 cm³/mol. The molecule has 2 aromatic heterocycles. The molecular weight excluding hydrogens is 240 g/mol. The van der Waals surface area contributed by atoms with Gasteiger partial charge < -0.3 is 14.3 Å². The molecule has 0 bridgehead atoms. The zero-order valence-corrected chi connectivity index (χ0v) is 11.3. The molecule has 0 unspecified atom stereocenters. The fourth-order valence-corrected chi connectivity index (χ4v) is 3.01. The maximum absolute atomic E-state index is 12.4. The molecule has 0 atom stereocenters. The summed E-state index contributed by atoms with van der Waals surface area (Å²) >= 11 is 0. The topological polar surface area (TPSA) is 47.2 Å². The first-order valence-electron chi connectivity index (χ1n) is 7.17. The maximum atomic E-state index is 12.4. The number of aryl methyl sites for hydroxylation is 1. The Balaban J connectivity index is 1.82. The molecule has 4 heteroatoms. The van der Waals surface area contributed by atoms with E-state index < -0.39 is 0 Å². The van der Waals surface area contributed by atoms with Crippen LogP contribution in [0.5, 0.6) is 0 Å². The van der Waals surface area contributed by atoms with Crippen molar-refractivity contribution in [2.45, 2.75) is 51.6 Å². The number of nitrogens with zero attached hydrogens (tertiary/aromatic N) is 1. The number of aromatic nitrogens is 1. The Morgan fingerprint density at radius 1 is 1.42 bits per heavy atom. The van der Waals surface area contributed by atoms with Crippen LogP contribution < -0.4 is 5.32 Å². The van der Waals surface area contributed by atoms with Crippen molar-refractivity contribution in [1.29, 1.82) is 0 Å². The monoisotopic (exact) mass is 260 g/mol. The van der Waals surface area contributed by atoms with Crippen LogP contribution in [0.4, 0.5) is 0 Å². The van der Waals surface area contributed by atoms with E-state index in [1.165, 1.54) is 19.3 Å². The standard InChI is InChI=1S/C15H20N2O2/c1-2-17-12-8-9-19-14(12)10-13(17)15(18)16-11-6-4-3-5-7-11/h8-11H,2-7H2,1H3,(H,16,18). The summed E-state index contributed by atoms with van der Waals surface area (Å²) < 4.78 is 7.39. The number of rotatable bonds is 3. The smallest absolute Gasteiger partial charge is 0.268 e. The highest BCUT2D eigenvalue weighted by Gasteiger charge is 2.20. The number of amides is 1.